The zero-order valence-electron chi connectivity index (χ0n) is 11.0. The normalized spacial score (nSPS) is 13.1. The van der Waals surface area contributed by atoms with Gasteiger partial charge < -0.3 is 0 Å². The standard InChI is InChI=1S/C14H12BrCl2NO2S/c1-9(10-5-3-2-4-6-10)18-21(19,20)14-8-13(17)12(16)7-11(14)15/h2-9,18H,1H3. The second-order valence-corrected chi connectivity index (χ2v) is 7.80. The predicted molar refractivity (Wildman–Crippen MR) is 89.3 cm³/mol. The number of halogens is 3. The Morgan fingerprint density at radius 1 is 1.10 bits per heavy atom. The molecule has 0 aliphatic carbocycles. The third-order valence-corrected chi connectivity index (χ3v) is 6.12. The number of hydrogen-bond donors (Lipinski definition) is 1. The highest BCUT2D eigenvalue weighted by atomic mass is 79.9. The molecule has 0 aromatic heterocycles. The minimum atomic E-state index is -3.72. The molecule has 0 radical (unpaired) electrons. The van der Waals surface area contributed by atoms with E-state index in [0.29, 0.717) is 9.50 Å². The SMILES string of the molecule is CC(NS(=O)(=O)c1cc(Cl)c(Cl)cc1Br)c1ccccc1. The first-order valence-electron chi connectivity index (χ1n) is 6.03. The van der Waals surface area contributed by atoms with Gasteiger partial charge in [-0.1, -0.05) is 53.5 Å². The van der Waals surface area contributed by atoms with Gasteiger partial charge in [0, 0.05) is 10.5 Å². The number of benzene rings is 2. The van der Waals surface area contributed by atoms with E-state index in [1.165, 1.54) is 12.1 Å². The van der Waals surface area contributed by atoms with Crippen molar-refractivity contribution in [3.8, 4) is 0 Å². The van der Waals surface area contributed by atoms with E-state index in [0.717, 1.165) is 5.56 Å². The van der Waals surface area contributed by atoms with Gasteiger partial charge in [0.1, 0.15) is 0 Å². The zero-order chi connectivity index (χ0) is 15.6. The minimum absolute atomic E-state index is 0.0553. The van der Waals surface area contributed by atoms with Gasteiger partial charge in [-0.05, 0) is 40.5 Å². The van der Waals surface area contributed by atoms with E-state index in [9.17, 15) is 8.42 Å². The number of sulfonamides is 1. The lowest BCUT2D eigenvalue weighted by molar-refractivity contribution is 0.566. The average molecular weight is 409 g/mol. The van der Waals surface area contributed by atoms with Crippen LogP contribution in [-0.4, -0.2) is 8.42 Å². The van der Waals surface area contributed by atoms with Crippen molar-refractivity contribution in [1.29, 1.82) is 0 Å². The van der Waals surface area contributed by atoms with Crippen LogP contribution in [-0.2, 0) is 10.0 Å². The van der Waals surface area contributed by atoms with Gasteiger partial charge in [-0.25, -0.2) is 13.1 Å². The smallest absolute Gasteiger partial charge is 0.207 e. The lowest BCUT2D eigenvalue weighted by atomic mass is 10.1. The summed E-state index contributed by atoms with van der Waals surface area (Å²) in [7, 11) is -3.72. The summed E-state index contributed by atoms with van der Waals surface area (Å²) < 4.78 is 27.9. The monoisotopic (exact) mass is 407 g/mol. The molecule has 0 aliphatic heterocycles. The van der Waals surface area contributed by atoms with Crippen molar-refractivity contribution < 1.29 is 8.42 Å². The van der Waals surface area contributed by atoms with Crippen LogP contribution in [0, 0.1) is 0 Å². The van der Waals surface area contributed by atoms with E-state index in [4.69, 9.17) is 23.2 Å². The third-order valence-electron chi connectivity index (χ3n) is 2.90. The Hall–Kier alpha value is -0.590. The van der Waals surface area contributed by atoms with Crippen LogP contribution in [0.15, 0.2) is 51.8 Å². The Morgan fingerprint density at radius 2 is 1.67 bits per heavy atom. The van der Waals surface area contributed by atoms with Crippen molar-refractivity contribution >= 4 is 49.2 Å². The fourth-order valence-corrected chi connectivity index (χ4v) is 4.64. The van der Waals surface area contributed by atoms with Gasteiger partial charge in [0.05, 0.1) is 14.9 Å². The summed E-state index contributed by atoms with van der Waals surface area (Å²) in [6, 6.07) is 11.7. The molecule has 0 saturated heterocycles. The molecule has 0 saturated carbocycles. The number of hydrogen-bond acceptors (Lipinski definition) is 2. The van der Waals surface area contributed by atoms with Crippen LogP contribution in [0.5, 0.6) is 0 Å². The molecule has 112 valence electrons. The first kappa shape index (κ1) is 16.8. The van der Waals surface area contributed by atoms with Crippen LogP contribution in [0.4, 0.5) is 0 Å². The Bertz CT molecular complexity index is 751. The van der Waals surface area contributed by atoms with E-state index in [2.05, 4.69) is 20.7 Å². The van der Waals surface area contributed by atoms with E-state index >= 15 is 0 Å². The van der Waals surface area contributed by atoms with E-state index in [1.54, 1.807) is 6.92 Å². The lowest BCUT2D eigenvalue weighted by Crippen LogP contribution is -2.27. The highest BCUT2D eigenvalue weighted by Gasteiger charge is 2.22. The molecule has 0 aliphatic rings. The van der Waals surface area contributed by atoms with Crippen LogP contribution in [0.25, 0.3) is 0 Å². The number of rotatable bonds is 4. The van der Waals surface area contributed by atoms with Gasteiger partial charge in [0.2, 0.25) is 10.0 Å². The lowest BCUT2D eigenvalue weighted by Gasteiger charge is -2.16. The van der Waals surface area contributed by atoms with Crippen molar-refractivity contribution in [1.82, 2.24) is 4.72 Å². The maximum atomic E-state index is 12.5. The van der Waals surface area contributed by atoms with E-state index in [-0.39, 0.29) is 16.0 Å². The van der Waals surface area contributed by atoms with Gasteiger partial charge >= 0.3 is 0 Å². The molecule has 0 bridgehead atoms. The molecule has 1 N–H and O–H groups in total. The van der Waals surface area contributed by atoms with E-state index < -0.39 is 10.0 Å². The van der Waals surface area contributed by atoms with Crippen LogP contribution in [0.2, 0.25) is 10.0 Å². The van der Waals surface area contributed by atoms with Crippen molar-refractivity contribution in [2.24, 2.45) is 0 Å². The largest absolute Gasteiger partial charge is 0.242 e. The summed E-state index contributed by atoms with van der Waals surface area (Å²) in [5, 5.41) is 0.478. The maximum absolute atomic E-state index is 12.5. The van der Waals surface area contributed by atoms with Crippen molar-refractivity contribution in [3.05, 3.63) is 62.5 Å². The highest BCUT2D eigenvalue weighted by molar-refractivity contribution is 9.10. The van der Waals surface area contributed by atoms with Gasteiger partial charge in [-0.2, -0.15) is 0 Å². The molecule has 0 spiro atoms. The summed E-state index contributed by atoms with van der Waals surface area (Å²) in [5.74, 6) is 0. The Kier molecular flexibility index (Phi) is 5.33. The Morgan fingerprint density at radius 3 is 2.29 bits per heavy atom. The molecule has 0 heterocycles. The Labute approximate surface area is 142 Å². The fraction of sp³-hybridized carbons (Fsp3) is 0.143. The molecule has 7 heteroatoms. The fourth-order valence-electron chi connectivity index (χ4n) is 1.82. The molecule has 0 amide bonds. The topological polar surface area (TPSA) is 46.2 Å². The quantitative estimate of drug-likeness (QED) is 0.738. The summed E-state index contributed by atoms with van der Waals surface area (Å²) in [6.07, 6.45) is 0. The Balaban J connectivity index is 2.33. The molecule has 2 aromatic rings. The molecular weight excluding hydrogens is 397 g/mol. The van der Waals surface area contributed by atoms with Gasteiger partial charge in [-0.3, -0.25) is 0 Å². The predicted octanol–water partition coefficient (Wildman–Crippen LogP) is 4.80. The number of nitrogens with one attached hydrogen (secondary N) is 1. The first-order chi connectivity index (χ1) is 9.81. The summed E-state index contributed by atoms with van der Waals surface area (Å²) in [4.78, 5) is 0.0553. The zero-order valence-corrected chi connectivity index (χ0v) is 14.9. The molecule has 1 atom stereocenters. The molecule has 21 heavy (non-hydrogen) atoms. The van der Waals surface area contributed by atoms with Crippen LogP contribution in [0.3, 0.4) is 0 Å². The highest BCUT2D eigenvalue weighted by Crippen LogP contribution is 2.32. The maximum Gasteiger partial charge on any atom is 0.242 e. The first-order valence-corrected chi connectivity index (χ1v) is 9.06. The average Bonchev–Trinajstić information content (AvgIpc) is 2.43. The van der Waals surface area contributed by atoms with Crippen LogP contribution < -0.4 is 4.72 Å². The van der Waals surface area contributed by atoms with Crippen molar-refractivity contribution in [3.63, 3.8) is 0 Å². The van der Waals surface area contributed by atoms with Crippen molar-refractivity contribution in [2.45, 2.75) is 17.9 Å². The molecule has 2 aromatic carbocycles. The van der Waals surface area contributed by atoms with Gasteiger partial charge in [0.15, 0.2) is 0 Å². The second-order valence-electron chi connectivity index (χ2n) is 4.45. The molecule has 0 fully saturated rings. The van der Waals surface area contributed by atoms with Crippen LogP contribution in [0.1, 0.15) is 18.5 Å². The molecule has 2 rings (SSSR count). The van der Waals surface area contributed by atoms with Gasteiger partial charge in [0.25, 0.3) is 0 Å². The minimum Gasteiger partial charge on any atom is -0.207 e. The third kappa shape index (κ3) is 3.99. The van der Waals surface area contributed by atoms with Gasteiger partial charge in [-0.15, -0.1) is 0 Å². The molecule has 3 nitrogen and oxygen atoms in total. The summed E-state index contributed by atoms with van der Waals surface area (Å²) in [6.45, 7) is 1.78. The molecule has 1 unspecified atom stereocenters. The van der Waals surface area contributed by atoms with Crippen LogP contribution >= 0.6 is 39.1 Å². The van der Waals surface area contributed by atoms with Crippen molar-refractivity contribution in [2.75, 3.05) is 0 Å². The summed E-state index contributed by atoms with van der Waals surface area (Å²) in [5.41, 5.74) is 0.872. The molecular formula is C14H12BrCl2NO2S. The second kappa shape index (κ2) is 6.67. The summed E-state index contributed by atoms with van der Waals surface area (Å²) >= 11 is 15.0. The van der Waals surface area contributed by atoms with E-state index in [1.807, 2.05) is 30.3 Å².